The molecule has 0 aliphatic carbocycles. The van der Waals surface area contributed by atoms with Gasteiger partial charge in [-0.05, 0) is 31.9 Å². The van der Waals surface area contributed by atoms with Crippen LogP contribution in [0.4, 0.5) is 4.79 Å². The molecule has 0 aliphatic rings. The number of hydrogen-bond acceptors (Lipinski definition) is 5. The molecule has 0 aliphatic heterocycles. The van der Waals surface area contributed by atoms with Crippen molar-refractivity contribution in [3.05, 3.63) is 35.7 Å². The predicted molar refractivity (Wildman–Crippen MR) is 97.9 cm³/mol. The Balaban J connectivity index is 1.96. The summed E-state index contributed by atoms with van der Waals surface area (Å²) in [6, 6.07) is 7.50. The van der Waals surface area contributed by atoms with Crippen LogP contribution in [0.15, 0.2) is 29.4 Å². The molecule has 2 N–H and O–H groups in total. The second-order valence-corrected chi connectivity index (χ2v) is 7.08. The summed E-state index contributed by atoms with van der Waals surface area (Å²) in [6.45, 7) is 8.37. The molecule has 1 heterocycles. The van der Waals surface area contributed by atoms with Crippen molar-refractivity contribution >= 4 is 23.7 Å². The second-order valence-electron chi connectivity index (χ2n) is 6.14. The fourth-order valence-corrected chi connectivity index (χ4v) is 2.86. The van der Waals surface area contributed by atoms with Crippen LogP contribution in [0.2, 0.25) is 0 Å². The largest absolute Gasteiger partial charge is 0.338 e. The summed E-state index contributed by atoms with van der Waals surface area (Å²) in [5, 5.41) is 13.8. The number of benzene rings is 1. The lowest BCUT2D eigenvalue weighted by molar-refractivity contribution is -0.117. The summed E-state index contributed by atoms with van der Waals surface area (Å²) >= 11 is 1.24. The van der Waals surface area contributed by atoms with E-state index in [4.69, 9.17) is 0 Å². The first-order chi connectivity index (χ1) is 11.9. The monoisotopic (exact) mass is 361 g/mol. The van der Waals surface area contributed by atoms with E-state index in [1.165, 1.54) is 11.8 Å². The Morgan fingerprint density at radius 3 is 2.48 bits per heavy atom. The first-order valence-electron chi connectivity index (χ1n) is 8.06. The third-order valence-electron chi connectivity index (χ3n) is 3.34. The number of carbonyl (C=O) groups is 2. The van der Waals surface area contributed by atoms with E-state index >= 15 is 0 Å². The molecule has 0 radical (unpaired) electrons. The summed E-state index contributed by atoms with van der Waals surface area (Å²) in [6.07, 6.45) is 0. The molecule has 0 bridgehead atoms. The third-order valence-corrected chi connectivity index (χ3v) is 4.27. The zero-order valence-electron chi connectivity index (χ0n) is 14.9. The van der Waals surface area contributed by atoms with Crippen LogP contribution in [-0.2, 0) is 4.79 Å². The van der Waals surface area contributed by atoms with Crippen molar-refractivity contribution in [2.75, 3.05) is 12.3 Å². The average molecular weight is 361 g/mol. The SMILES string of the molecule is Cc1ccc(-n2c(C)nnc2SCC(=O)NC(=O)NCC(C)C)cc1. The molecule has 1 aromatic heterocycles. The van der Waals surface area contributed by atoms with E-state index in [9.17, 15) is 9.59 Å². The van der Waals surface area contributed by atoms with Gasteiger partial charge in [0.25, 0.3) is 0 Å². The number of carbonyl (C=O) groups excluding carboxylic acids is 2. The fraction of sp³-hybridized carbons (Fsp3) is 0.412. The van der Waals surface area contributed by atoms with Crippen molar-refractivity contribution in [2.45, 2.75) is 32.9 Å². The summed E-state index contributed by atoms with van der Waals surface area (Å²) in [7, 11) is 0. The molecule has 0 atom stereocenters. The Bertz CT molecular complexity index is 740. The summed E-state index contributed by atoms with van der Waals surface area (Å²) in [5.74, 6) is 0.772. The lowest BCUT2D eigenvalue weighted by Gasteiger charge is -2.10. The van der Waals surface area contributed by atoms with Gasteiger partial charge in [0.2, 0.25) is 5.91 Å². The van der Waals surface area contributed by atoms with Gasteiger partial charge in [-0.3, -0.25) is 14.7 Å². The van der Waals surface area contributed by atoms with E-state index in [-0.39, 0.29) is 11.7 Å². The number of amides is 3. The zero-order chi connectivity index (χ0) is 18.4. The summed E-state index contributed by atoms with van der Waals surface area (Å²) in [4.78, 5) is 23.5. The molecule has 0 fully saturated rings. The van der Waals surface area contributed by atoms with Gasteiger partial charge in [-0.25, -0.2) is 4.79 Å². The minimum atomic E-state index is -0.476. The van der Waals surface area contributed by atoms with Crippen LogP contribution in [0.3, 0.4) is 0 Å². The van der Waals surface area contributed by atoms with Crippen LogP contribution < -0.4 is 10.6 Å². The standard InChI is InChI=1S/C17H23N5O2S/c1-11(2)9-18-16(24)19-15(23)10-25-17-21-20-13(4)22(17)14-7-5-12(3)6-8-14/h5-8,11H,9-10H2,1-4H3,(H2,18,19,23,24). The Kier molecular flexibility index (Phi) is 6.58. The number of urea groups is 1. The van der Waals surface area contributed by atoms with Crippen LogP contribution in [0, 0.1) is 19.8 Å². The molecule has 0 saturated carbocycles. The van der Waals surface area contributed by atoms with Gasteiger partial charge in [0, 0.05) is 12.2 Å². The van der Waals surface area contributed by atoms with Gasteiger partial charge in [-0.1, -0.05) is 43.3 Å². The molecule has 2 rings (SSSR count). The summed E-state index contributed by atoms with van der Waals surface area (Å²) < 4.78 is 1.89. The summed E-state index contributed by atoms with van der Waals surface area (Å²) in [5.41, 5.74) is 2.10. The maximum absolute atomic E-state index is 11.9. The van der Waals surface area contributed by atoms with E-state index in [2.05, 4.69) is 20.8 Å². The van der Waals surface area contributed by atoms with E-state index in [1.54, 1.807) is 0 Å². The maximum Gasteiger partial charge on any atom is 0.321 e. The highest BCUT2D eigenvalue weighted by Gasteiger charge is 2.14. The second kappa shape index (κ2) is 8.66. The normalized spacial score (nSPS) is 10.8. The van der Waals surface area contributed by atoms with Gasteiger partial charge in [0.15, 0.2) is 5.16 Å². The molecule has 1 aromatic carbocycles. The quantitative estimate of drug-likeness (QED) is 0.772. The molecule has 7 nitrogen and oxygen atoms in total. The smallest absolute Gasteiger partial charge is 0.321 e. The molecule has 2 aromatic rings. The fourth-order valence-electron chi connectivity index (χ4n) is 2.06. The number of aryl methyl sites for hydroxylation is 2. The van der Waals surface area contributed by atoms with Gasteiger partial charge in [0.1, 0.15) is 5.82 Å². The van der Waals surface area contributed by atoms with Gasteiger partial charge in [-0.15, -0.1) is 10.2 Å². The van der Waals surface area contributed by atoms with Crippen LogP contribution in [0.1, 0.15) is 25.2 Å². The zero-order valence-corrected chi connectivity index (χ0v) is 15.7. The minimum Gasteiger partial charge on any atom is -0.338 e. The van der Waals surface area contributed by atoms with Crippen LogP contribution >= 0.6 is 11.8 Å². The van der Waals surface area contributed by atoms with Crippen molar-refractivity contribution < 1.29 is 9.59 Å². The van der Waals surface area contributed by atoms with E-state index in [0.717, 1.165) is 17.1 Å². The van der Waals surface area contributed by atoms with Crippen molar-refractivity contribution in [1.29, 1.82) is 0 Å². The Morgan fingerprint density at radius 1 is 1.16 bits per heavy atom. The molecule has 0 spiro atoms. The number of rotatable bonds is 6. The van der Waals surface area contributed by atoms with E-state index in [0.29, 0.717) is 17.6 Å². The molecule has 8 heteroatoms. The minimum absolute atomic E-state index is 0.0824. The number of hydrogen-bond donors (Lipinski definition) is 2. The average Bonchev–Trinajstić information content (AvgIpc) is 2.92. The number of nitrogens with zero attached hydrogens (tertiary/aromatic N) is 3. The first-order valence-corrected chi connectivity index (χ1v) is 9.05. The highest BCUT2D eigenvalue weighted by molar-refractivity contribution is 7.99. The van der Waals surface area contributed by atoms with Crippen LogP contribution in [0.25, 0.3) is 5.69 Å². The van der Waals surface area contributed by atoms with Gasteiger partial charge >= 0.3 is 6.03 Å². The Morgan fingerprint density at radius 2 is 1.84 bits per heavy atom. The molecule has 0 saturated heterocycles. The Labute approximate surface area is 151 Å². The van der Waals surface area contributed by atoms with Crippen molar-refractivity contribution in [3.8, 4) is 5.69 Å². The van der Waals surface area contributed by atoms with Crippen LogP contribution in [0.5, 0.6) is 0 Å². The Hall–Kier alpha value is -2.35. The molecule has 134 valence electrons. The number of thioether (sulfide) groups is 1. The number of aromatic nitrogens is 3. The maximum atomic E-state index is 11.9. The molecule has 0 unspecified atom stereocenters. The van der Waals surface area contributed by atoms with E-state index < -0.39 is 6.03 Å². The molecule has 25 heavy (non-hydrogen) atoms. The molecule has 3 amide bonds. The van der Waals surface area contributed by atoms with Gasteiger partial charge in [0.05, 0.1) is 5.75 Å². The lowest BCUT2D eigenvalue weighted by atomic mass is 10.2. The van der Waals surface area contributed by atoms with Gasteiger partial charge in [-0.2, -0.15) is 0 Å². The molecular formula is C17H23N5O2S. The number of nitrogens with one attached hydrogen (secondary N) is 2. The topological polar surface area (TPSA) is 88.9 Å². The van der Waals surface area contributed by atoms with Crippen molar-refractivity contribution in [3.63, 3.8) is 0 Å². The first kappa shape index (κ1) is 19.0. The highest BCUT2D eigenvalue weighted by atomic mass is 32.2. The highest BCUT2D eigenvalue weighted by Crippen LogP contribution is 2.21. The lowest BCUT2D eigenvalue weighted by Crippen LogP contribution is -2.41. The third kappa shape index (κ3) is 5.60. The van der Waals surface area contributed by atoms with E-state index in [1.807, 2.05) is 56.5 Å². The van der Waals surface area contributed by atoms with Crippen LogP contribution in [-0.4, -0.2) is 39.0 Å². The molecular weight excluding hydrogens is 338 g/mol. The predicted octanol–water partition coefficient (Wildman–Crippen LogP) is 2.46. The van der Waals surface area contributed by atoms with Crippen molar-refractivity contribution in [2.24, 2.45) is 5.92 Å². The number of imide groups is 1. The van der Waals surface area contributed by atoms with Crippen molar-refractivity contribution in [1.82, 2.24) is 25.4 Å². The van der Waals surface area contributed by atoms with Gasteiger partial charge < -0.3 is 5.32 Å².